The van der Waals surface area contributed by atoms with Crippen molar-refractivity contribution in [3.8, 4) is 0 Å². The number of morpholine rings is 1. The smallest absolute Gasteiger partial charge is 0.191 e. The molecule has 1 aromatic carbocycles. The van der Waals surface area contributed by atoms with Crippen molar-refractivity contribution in [3.63, 3.8) is 0 Å². The molecule has 0 aromatic heterocycles. The van der Waals surface area contributed by atoms with Crippen LogP contribution >= 0.6 is 24.0 Å². The number of nitrogens with zero attached hydrogens (tertiary/aromatic N) is 3. The van der Waals surface area contributed by atoms with Crippen LogP contribution in [0.15, 0.2) is 29.3 Å². The zero-order valence-corrected chi connectivity index (χ0v) is 20.7. The molecule has 0 spiro atoms. The van der Waals surface area contributed by atoms with E-state index < -0.39 is 0 Å². The maximum atomic E-state index is 5.94. The minimum absolute atomic E-state index is 0. The first-order valence-corrected chi connectivity index (χ1v) is 10.7. The maximum Gasteiger partial charge on any atom is 0.191 e. The SMILES string of the molecule is CN=C(NCC1CN(CC(C)C)CCO1)NC1CCN(c2ccc(C)cc2)C1.I. The standard InChI is InChI=1S/C22H37N5O.HI/c1-17(2)14-26-11-12-28-21(16-26)13-24-22(23-4)25-19-9-10-27(15-19)20-7-5-18(3)6-8-20;/h5-8,17,19,21H,9-16H2,1-4H3,(H2,23,24,25);1H. The molecule has 1 aromatic rings. The Balaban J connectivity index is 0.00000300. The summed E-state index contributed by atoms with van der Waals surface area (Å²) >= 11 is 0. The molecule has 29 heavy (non-hydrogen) atoms. The minimum Gasteiger partial charge on any atom is -0.374 e. The molecule has 2 fully saturated rings. The van der Waals surface area contributed by atoms with Gasteiger partial charge in [0.05, 0.1) is 12.7 Å². The summed E-state index contributed by atoms with van der Waals surface area (Å²) in [4.78, 5) is 9.37. The van der Waals surface area contributed by atoms with Gasteiger partial charge in [0.2, 0.25) is 0 Å². The second-order valence-electron chi connectivity index (χ2n) is 8.51. The van der Waals surface area contributed by atoms with E-state index in [-0.39, 0.29) is 30.1 Å². The lowest BCUT2D eigenvalue weighted by Crippen LogP contribution is -2.51. The van der Waals surface area contributed by atoms with E-state index >= 15 is 0 Å². The number of nitrogens with one attached hydrogen (secondary N) is 2. The molecule has 3 rings (SSSR count). The van der Waals surface area contributed by atoms with Gasteiger partial charge < -0.3 is 20.3 Å². The Kier molecular flexibility index (Phi) is 9.98. The number of anilines is 1. The van der Waals surface area contributed by atoms with Crippen molar-refractivity contribution in [2.75, 3.05) is 57.8 Å². The lowest BCUT2D eigenvalue weighted by Gasteiger charge is -2.34. The summed E-state index contributed by atoms with van der Waals surface area (Å²) in [5.41, 5.74) is 2.61. The van der Waals surface area contributed by atoms with Crippen LogP contribution in [0.5, 0.6) is 0 Å². The van der Waals surface area contributed by atoms with E-state index in [9.17, 15) is 0 Å². The van der Waals surface area contributed by atoms with Crippen molar-refractivity contribution in [1.29, 1.82) is 0 Å². The monoisotopic (exact) mass is 515 g/mol. The van der Waals surface area contributed by atoms with Crippen LogP contribution in [0, 0.1) is 12.8 Å². The Hall–Kier alpha value is -1.06. The summed E-state index contributed by atoms with van der Waals surface area (Å²) in [6.07, 6.45) is 1.34. The van der Waals surface area contributed by atoms with Crippen molar-refractivity contribution in [3.05, 3.63) is 29.8 Å². The summed E-state index contributed by atoms with van der Waals surface area (Å²) in [5.74, 6) is 1.57. The molecule has 2 aliphatic rings. The Morgan fingerprint density at radius 2 is 1.97 bits per heavy atom. The van der Waals surface area contributed by atoms with E-state index in [1.807, 2.05) is 7.05 Å². The van der Waals surface area contributed by atoms with E-state index in [2.05, 4.69) is 70.5 Å². The molecular weight excluding hydrogens is 477 g/mol. The molecule has 2 aliphatic heterocycles. The third-order valence-electron chi connectivity index (χ3n) is 5.50. The topological polar surface area (TPSA) is 52.1 Å². The fraction of sp³-hybridized carbons (Fsp3) is 0.682. The lowest BCUT2D eigenvalue weighted by atomic mass is 10.2. The van der Waals surface area contributed by atoms with Gasteiger partial charge in [-0.3, -0.25) is 9.89 Å². The van der Waals surface area contributed by atoms with E-state index in [0.29, 0.717) is 12.0 Å². The first-order valence-electron chi connectivity index (χ1n) is 10.7. The van der Waals surface area contributed by atoms with Gasteiger partial charge in [-0.1, -0.05) is 31.5 Å². The summed E-state index contributed by atoms with van der Waals surface area (Å²) in [7, 11) is 1.84. The summed E-state index contributed by atoms with van der Waals surface area (Å²) in [6.45, 7) is 13.5. The molecule has 0 bridgehead atoms. The molecule has 0 saturated carbocycles. The van der Waals surface area contributed by atoms with Crippen molar-refractivity contribution in [2.24, 2.45) is 10.9 Å². The highest BCUT2D eigenvalue weighted by molar-refractivity contribution is 14.0. The van der Waals surface area contributed by atoms with E-state index in [0.717, 1.165) is 58.3 Å². The average Bonchev–Trinajstić information content (AvgIpc) is 3.14. The Morgan fingerprint density at radius 3 is 2.66 bits per heavy atom. The second kappa shape index (κ2) is 12.0. The van der Waals surface area contributed by atoms with Crippen LogP contribution in [-0.2, 0) is 4.74 Å². The van der Waals surface area contributed by atoms with E-state index in [1.165, 1.54) is 11.3 Å². The van der Waals surface area contributed by atoms with Crippen LogP contribution in [0.1, 0.15) is 25.8 Å². The molecule has 0 radical (unpaired) electrons. The van der Waals surface area contributed by atoms with E-state index in [1.54, 1.807) is 0 Å². The number of ether oxygens (including phenoxy) is 1. The molecule has 0 amide bonds. The molecule has 2 atom stereocenters. The Morgan fingerprint density at radius 1 is 1.21 bits per heavy atom. The number of aryl methyl sites for hydroxylation is 1. The van der Waals surface area contributed by atoms with Gasteiger partial charge in [-0.05, 0) is 31.4 Å². The van der Waals surface area contributed by atoms with Crippen LogP contribution < -0.4 is 15.5 Å². The van der Waals surface area contributed by atoms with Crippen LogP contribution in [0.4, 0.5) is 5.69 Å². The number of benzene rings is 1. The molecule has 2 N–H and O–H groups in total. The molecule has 2 heterocycles. The average molecular weight is 515 g/mol. The lowest BCUT2D eigenvalue weighted by molar-refractivity contribution is -0.0284. The summed E-state index contributed by atoms with van der Waals surface area (Å²) in [5, 5.41) is 7.06. The van der Waals surface area contributed by atoms with Crippen LogP contribution in [-0.4, -0.2) is 75.9 Å². The van der Waals surface area contributed by atoms with Crippen molar-refractivity contribution >= 4 is 35.6 Å². The third kappa shape index (κ3) is 7.61. The number of halogens is 1. The molecule has 164 valence electrons. The van der Waals surface area contributed by atoms with Crippen LogP contribution in [0.25, 0.3) is 0 Å². The molecule has 2 unspecified atom stereocenters. The largest absolute Gasteiger partial charge is 0.374 e. The third-order valence-corrected chi connectivity index (χ3v) is 5.50. The molecule has 7 heteroatoms. The Labute approximate surface area is 193 Å². The highest BCUT2D eigenvalue weighted by atomic mass is 127. The highest BCUT2D eigenvalue weighted by Gasteiger charge is 2.25. The number of hydrogen-bond donors (Lipinski definition) is 2. The van der Waals surface area contributed by atoms with Gasteiger partial charge in [0, 0.05) is 58.0 Å². The van der Waals surface area contributed by atoms with Crippen LogP contribution in [0.2, 0.25) is 0 Å². The zero-order chi connectivity index (χ0) is 19.9. The summed E-state index contributed by atoms with van der Waals surface area (Å²) in [6, 6.07) is 9.21. The van der Waals surface area contributed by atoms with Gasteiger partial charge >= 0.3 is 0 Å². The zero-order valence-electron chi connectivity index (χ0n) is 18.4. The van der Waals surface area contributed by atoms with Gasteiger partial charge in [0.25, 0.3) is 0 Å². The quantitative estimate of drug-likeness (QED) is 0.347. The van der Waals surface area contributed by atoms with Gasteiger partial charge in [-0.2, -0.15) is 0 Å². The number of hydrogen-bond acceptors (Lipinski definition) is 4. The summed E-state index contributed by atoms with van der Waals surface area (Å²) < 4.78 is 5.94. The Bertz CT molecular complexity index is 637. The normalized spacial score (nSPS) is 23.2. The van der Waals surface area contributed by atoms with Crippen molar-refractivity contribution in [1.82, 2.24) is 15.5 Å². The van der Waals surface area contributed by atoms with Crippen LogP contribution in [0.3, 0.4) is 0 Å². The van der Waals surface area contributed by atoms with Gasteiger partial charge in [0.15, 0.2) is 5.96 Å². The second-order valence-corrected chi connectivity index (χ2v) is 8.51. The fourth-order valence-corrected chi connectivity index (χ4v) is 4.05. The number of aliphatic imine (C=N–C) groups is 1. The van der Waals surface area contributed by atoms with Gasteiger partial charge in [0.1, 0.15) is 0 Å². The molecule has 6 nitrogen and oxygen atoms in total. The predicted molar refractivity (Wildman–Crippen MR) is 133 cm³/mol. The van der Waals surface area contributed by atoms with Crippen molar-refractivity contribution < 1.29 is 4.74 Å². The molecule has 2 saturated heterocycles. The number of guanidine groups is 1. The predicted octanol–water partition coefficient (Wildman–Crippen LogP) is 2.71. The van der Waals surface area contributed by atoms with Crippen molar-refractivity contribution in [2.45, 2.75) is 39.3 Å². The molecule has 0 aliphatic carbocycles. The maximum absolute atomic E-state index is 5.94. The highest BCUT2D eigenvalue weighted by Crippen LogP contribution is 2.20. The number of rotatable bonds is 6. The van der Waals surface area contributed by atoms with E-state index in [4.69, 9.17) is 4.74 Å². The first-order chi connectivity index (χ1) is 13.5. The molecular formula is C22H38IN5O. The first kappa shape index (κ1) is 24.2. The minimum atomic E-state index is 0. The van der Waals surface area contributed by atoms with Gasteiger partial charge in [-0.25, -0.2) is 0 Å². The fourth-order valence-electron chi connectivity index (χ4n) is 4.05. The van der Waals surface area contributed by atoms with Gasteiger partial charge in [-0.15, -0.1) is 24.0 Å².